The van der Waals surface area contributed by atoms with Gasteiger partial charge in [0.1, 0.15) is 0 Å². The molecule has 1 aromatic rings. The van der Waals surface area contributed by atoms with Gasteiger partial charge in [-0.3, -0.25) is 4.79 Å². The molecule has 0 saturated carbocycles. The first-order valence-corrected chi connectivity index (χ1v) is 5.23. The maximum Gasteiger partial charge on any atom is 0.162 e. The minimum absolute atomic E-state index is 0.219. The van der Waals surface area contributed by atoms with E-state index >= 15 is 0 Å². The minimum atomic E-state index is 0.219. The number of rotatable bonds is 4. The second kappa shape index (κ2) is 5.18. The molecule has 2 heteroatoms. The van der Waals surface area contributed by atoms with E-state index in [2.05, 4.69) is 28.9 Å². The van der Waals surface area contributed by atoms with Crippen molar-refractivity contribution in [1.29, 1.82) is 0 Å². The van der Waals surface area contributed by atoms with Crippen LogP contribution >= 0.6 is 15.9 Å². The summed E-state index contributed by atoms with van der Waals surface area (Å²) in [4.78, 5) is 11.5. The fourth-order valence-electron chi connectivity index (χ4n) is 1.09. The van der Waals surface area contributed by atoms with Crippen LogP contribution in [-0.2, 0) is 0 Å². The summed E-state index contributed by atoms with van der Waals surface area (Å²) in [5.41, 5.74) is 0.777. The Labute approximate surface area is 87.3 Å². The van der Waals surface area contributed by atoms with E-state index in [-0.39, 0.29) is 5.78 Å². The molecular weight excluding hydrogens is 228 g/mol. The molecule has 0 aliphatic carbocycles. The van der Waals surface area contributed by atoms with Crippen molar-refractivity contribution >= 4 is 21.7 Å². The zero-order valence-corrected chi connectivity index (χ0v) is 9.23. The van der Waals surface area contributed by atoms with Crippen LogP contribution in [0.5, 0.6) is 0 Å². The molecule has 1 nitrogen and oxygen atoms in total. The molecule has 1 radical (unpaired) electrons. The molecular formula is C11H12BrO. The standard InChI is InChI=1S/C11H12BrO/c1-2-3-7-11(13)9-5-4-6-10(12)8-9/h4-5,8H,2-3,7H2,1H3. The SMILES string of the molecule is CCCCC(=O)c1cc[c]c(Br)c1. The van der Waals surface area contributed by atoms with Gasteiger partial charge < -0.3 is 0 Å². The lowest BCUT2D eigenvalue weighted by Crippen LogP contribution is -1.98. The van der Waals surface area contributed by atoms with Gasteiger partial charge in [-0.2, -0.15) is 0 Å². The van der Waals surface area contributed by atoms with Crippen molar-refractivity contribution in [3.05, 3.63) is 34.3 Å². The predicted molar refractivity (Wildman–Crippen MR) is 56.8 cm³/mol. The maximum atomic E-state index is 11.5. The van der Waals surface area contributed by atoms with E-state index in [0.29, 0.717) is 6.42 Å². The van der Waals surface area contributed by atoms with Gasteiger partial charge in [-0.1, -0.05) is 41.4 Å². The van der Waals surface area contributed by atoms with Gasteiger partial charge in [0.25, 0.3) is 0 Å². The molecule has 1 rings (SSSR count). The quantitative estimate of drug-likeness (QED) is 0.734. The van der Waals surface area contributed by atoms with Crippen molar-refractivity contribution in [3.8, 4) is 0 Å². The summed E-state index contributed by atoms with van der Waals surface area (Å²) in [5, 5.41) is 0. The third-order valence-electron chi connectivity index (χ3n) is 1.85. The molecule has 0 saturated heterocycles. The first-order valence-electron chi connectivity index (χ1n) is 4.44. The van der Waals surface area contributed by atoms with Crippen molar-refractivity contribution in [2.75, 3.05) is 0 Å². The Morgan fingerprint density at radius 1 is 1.62 bits per heavy atom. The van der Waals surface area contributed by atoms with Gasteiger partial charge in [-0.15, -0.1) is 0 Å². The Kier molecular flexibility index (Phi) is 4.16. The summed E-state index contributed by atoms with van der Waals surface area (Å²) >= 11 is 3.29. The van der Waals surface area contributed by atoms with E-state index in [9.17, 15) is 4.79 Å². The number of unbranched alkanes of at least 4 members (excludes halogenated alkanes) is 1. The second-order valence-corrected chi connectivity index (χ2v) is 3.81. The lowest BCUT2D eigenvalue weighted by molar-refractivity contribution is 0.0979. The zero-order valence-electron chi connectivity index (χ0n) is 7.64. The van der Waals surface area contributed by atoms with E-state index in [1.54, 1.807) is 6.07 Å². The fraction of sp³-hybridized carbons (Fsp3) is 0.364. The van der Waals surface area contributed by atoms with Crippen molar-refractivity contribution in [3.63, 3.8) is 0 Å². The van der Waals surface area contributed by atoms with Crippen LogP contribution in [0.25, 0.3) is 0 Å². The van der Waals surface area contributed by atoms with Crippen LogP contribution in [0.15, 0.2) is 22.7 Å². The van der Waals surface area contributed by atoms with Crippen molar-refractivity contribution in [1.82, 2.24) is 0 Å². The molecule has 0 amide bonds. The van der Waals surface area contributed by atoms with Gasteiger partial charge in [-0.05, 0) is 18.6 Å². The highest BCUT2D eigenvalue weighted by molar-refractivity contribution is 9.10. The summed E-state index contributed by atoms with van der Waals surface area (Å²) in [5.74, 6) is 0.219. The molecule has 13 heavy (non-hydrogen) atoms. The van der Waals surface area contributed by atoms with Crippen LogP contribution in [0.4, 0.5) is 0 Å². The van der Waals surface area contributed by atoms with Crippen LogP contribution in [0.1, 0.15) is 36.5 Å². The van der Waals surface area contributed by atoms with Crippen LogP contribution in [0, 0.1) is 6.07 Å². The Morgan fingerprint density at radius 3 is 3.00 bits per heavy atom. The molecule has 0 heterocycles. The van der Waals surface area contributed by atoms with Crippen LogP contribution in [0.2, 0.25) is 0 Å². The van der Waals surface area contributed by atoms with Gasteiger partial charge in [-0.25, -0.2) is 0 Å². The van der Waals surface area contributed by atoms with Crippen LogP contribution < -0.4 is 0 Å². The van der Waals surface area contributed by atoms with Crippen molar-refractivity contribution < 1.29 is 4.79 Å². The average molecular weight is 240 g/mol. The third-order valence-corrected chi connectivity index (χ3v) is 2.30. The molecule has 0 bridgehead atoms. The number of carbonyl (C=O) groups is 1. The lowest BCUT2D eigenvalue weighted by Gasteiger charge is -1.99. The van der Waals surface area contributed by atoms with Gasteiger partial charge in [0.2, 0.25) is 0 Å². The van der Waals surface area contributed by atoms with Gasteiger partial charge >= 0.3 is 0 Å². The number of Topliss-reactive ketones (excluding diaryl/α,β-unsaturated/α-hetero) is 1. The number of halogens is 1. The summed E-state index contributed by atoms with van der Waals surface area (Å²) in [6.07, 6.45) is 2.67. The summed E-state index contributed by atoms with van der Waals surface area (Å²) < 4.78 is 0.842. The van der Waals surface area contributed by atoms with Crippen molar-refractivity contribution in [2.45, 2.75) is 26.2 Å². The average Bonchev–Trinajstić information content (AvgIpc) is 2.14. The summed E-state index contributed by atoms with van der Waals surface area (Å²) in [6.45, 7) is 2.09. The Morgan fingerprint density at radius 2 is 2.38 bits per heavy atom. The van der Waals surface area contributed by atoms with E-state index in [1.807, 2.05) is 12.1 Å². The highest BCUT2D eigenvalue weighted by atomic mass is 79.9. The maximum absolute atomic E-state index is 11.5. The molecule has 0 aliphatic rings. The monoisotopic (exact) mass is 239 g/mol. The number of hydrogen-bond donors (Lipinski definition) is 0. The number of carbonyl (C=O) groups excluding carboxylic acids is 1. The molecule has 0 fully saturated rings. The molecule has 69 valence electrons. The highest BCUT2D eigenvalue weighted by Crippen LogP contribution is 2.13. The number of hydrogen-bond acceptors (Lipinski definition) is 1. The number of benzene rings is 1. The Bertz CT molecular complexity index is 294. The Balaban J connectivity index is 2.66. The predicted octanol–water partition coefficient (Wildman–Crippen LogP) is 3.62. The molecule has 0 aromatic heterocycles. The van der Waals surface area contributed by atoms with Crippen LogP contribution in [-0.4, -0.2) is 5.78 Å². The molecule has 0 atom stereocenters. The Hall–Kier alpha value is -0.630. The van der Waals surface area contributed by atoms with Crippen molar-refractivity contribution in [2.24, 2.45) is 0 Å². The molecule has 1 aromatic carbocycles. The molecule has 0 unspecified atom stereocenters. The van der Waals surface area contributed by atoms with Gasteiger partial charge in [0, 0.05) is 16.5 Å². The minimum Gasteiger partial charge on any atom is -0.294 e. The van der Waals surface area contributed by atoms with E-state index in [0.717, 1.165) is 22.9 Å². The normalized spacial score (nSPS) is 10.0. The largest absolute Gasteiger partial charge is 0.294 e. The van der Waals surface area contributed by atoms with Gasteiger partial charge in [0.05, 0.1) is 0 Å². The third kappa shape index (κ3) is 3.31. The lowest BCUT2D eigenvalue weighted by atomic mass is 10.1. The molecule has 0 spiro atoms. The molecule has 0 aliphatic heterocycles. The number of ketones is 1. The summed E-state index contributed by atoms with van der Waals surface area (Å²) in [7, 11) is 0. The van der Waals surface area contributed by atoms with E-state index in [1.165, 1.54) is 0 Å². The highest BCUT2D eigenvalue weighted by Gasteiger charge is 2.04. The fourth-order valence-corrected chi connectivity index (χ4v) is 1.47. The summed E-state index contributed by atoms with van der Waals surface area (Å²) in [6, 6.07) is 8.34. The smallest absolute Gasteiger partial charge is 0.162 e. The zero-order chi connectivity index (χ0) is 9.68. The van der Waals surface area contributed by atoms with E-state index in [4.69, 9.17) is 0 Å². The van der Waals surface area contributed by atoms with Crippen LogP contribution in [0.3, 0.4) is 0 Å². The van der Waals surface area contributed by atoms with E-state index < -0.39 is 0 Å². The first kappa shape index (κ1) is 10.5. The topological polar surface area (TPSA) is 17.1 Å². The molecule has 0 N–H and O–H groups in total. The second-order valence-electron chi connectivity index (χ2n) is 2.95. The first-order chi connectivity index (χ1) is 6.24. The van der Waals surface area contributed by atoms with Gasteiger partial charge in [0.15, 0.2) is 5.78 Å².